The van der Waals surface area contributed by atoms with Crippen molar-refractivity contribution in [2.75, 3.05) is 0 Å². The van der Waals surface area contributed by atoms with Gasteiger partial charge in [-0.25, -0.2) is 4.39 Å². The number of ether oxygens (including phenoxy) is 1. The highest BCUT2D eigenvalue weighted by atomic mass is 79.9. The molecule has 0 aliphatic rings. The van der Waals surface area contributed by atoms with E-state index in [1.807, 2.05) is 0 Å². The van der Waals surface area contributed by atoms with E-state index in [0.29, 0.717) is 4.47 Å². The van der Waals surface area contributed by atoms with E-state index in [2.05, 4.69) is 15.9 Å². The third kappa shape index (κ3) is 2.92. The molecule has 0 bridgehead atoms. The van der Waals surface area contributed by atoms with E-state index >= 15 is 0 Å². The summed E-state index contributed by atoms with van der Waals surface area (Å²) in [5, 5.41) is 19.7. The summed E-state index contributed by atoms with van der Waals surface area (Å²) in [6.07, 6.45) is 0. The first-order chi connectivity index (χ1) is 9.51. The molecule has 7 heteroatoms. The van der Waals surface area contributed by atoms with Gasteiger partial charge in [0.1, 0.15) is 0 Å². The van der Waals surface area contributed by atoms with Crippen LogP contribution in [0.15, 0.2) is 40.9 Å². The van der Waals surface area contributed by atoms with Gasteiger partial charge in [0, 0.05) is 10.5 Å². The number of nitrogens with zero attached hydrogens (tertiary/aromatic N) is 2. The van der Waals surface area contributed by atoms with Crippen LogP contribution in [0.3, 0.4) is 0 Å². The summed E-state index contributed by atoms with van der Waals surface area (Å²) in [4.78, 5) is 10.2. The normalized spacial score (nSPS) is 9.85. The third-order valence-corrected chi connectivity index (χ3v) is 2.89. The van der Waals surface area contributed by atoms with E-state index in [1.54, 1.807) is 12.1 Å². The largest absolute Gasteiger partial charge is 0.447 e. The molecule has 0 amide bonds. The van der Waals surface area contributed by atoms with E-state index < -0.39 is 16.4 Å². The van der Waals surface area contributed by atoms with Gasteiger partial charge >= 0.3 is 5.69 Å². The molecule has 0 aromatic heterocycles. The zero-order valence-electron chi connectivity index (χ0n) is 9.84. The van der Waals surface area contributed by atoms with Gasteiger partial charge in [-0.1, -0.05) is 15.9 Å². The van der Waals surface area contributed by atoms with Crippen LogP contribution >= 0.6 is 15.9 Å². The molecule has 2 rings (SSSR count). The average molecular weight is 337 g/mol. The molecule has 0 N–H and O–H groups in total. The predicted molar refractivity (Wildman–Crippen MR) is 72.0 cm³/mol. The van der Waals surface area contributed by atoms with E-state index in [-0.39, 0.29) is 17.1 Å². The van der Waals surface area contributed by atoms with Crippen LogP contribution in [0, 0.1) is 27.3 Å². The van der Waals surface area contributed by atoms with Crippen molar-refractivity contribution < 1.29 is 14.1 Å². The van der Waals surface area contributed by atoms with Gasteiger partial charge in [0.25, 0.3) is 0 Å². The van der Waals surface area contributed by atoms with Crippen LogP contribution < -0.4 is 4.74 Å². The maximum Gasteiger partial charge on any atom is 0.312 e. The number of halogens is 2. The van der Waals surface area contributed by atoms with Crippen LogP contribution in [0.1, 0.15) is 5.56 Å². The quantitative estimate of drug-likeness (QED) is 0.622. The van der Waals surface area contributed by atoms with Crippen molar-refractivity contribution in [3.63, 3.8) is 0 Å². The van der Waals surface area contributed by atoms with Crippen LogP contribution in [0.2, 0.25) is 0 Å². The smallest absolute Gasteiger partial charge is 0.312 e. The SMILES string of the molecule is N#Cc1ccc(Oc2ccc(Br)cc2F)c([N+](=O)[O-])c1. The fourth-order valence-electron chi connectivity index (χ4n) is 1.49. The highest BCUT2D eigenvalue weighted by Gasteiger charge is 2.18. The molecule has 5 nitrogen and oxygen atoms in total. The van der Waals surface area contributed by atoms with Crippen LogP contribution in [0.4, 0.5) is 10.1 Å². The molecule has 0 aliphatic carbocycles. The maximum absolute atomic E-state index is 13.6. The molecule has 0 saturated carbocycles. The summed E-state index contributed by atoms with van der Waals surface area (Å²) in [6, 6.07) is 9.57. The zero-order chi connectivity index (χ0) is 14.7. The standard InChI is InChI=1S/C13H6BrFN2O3/c14-9-2-4-12(10(15)6-9)20-13-3-1-8(7-16)5-11(13)17(18)19/h1-6H. The first-order valence-electron chi connectivity index (χ1n) is 5.32. The van der Waals surface area contributed by atoms with E-state index in [9.17, 15) is 14.5 Å². The number of hydrogen-bond acceptors (Lipinski definition) is 4. The molecule has 0 spiro atoms. The molecular formula is C13H6BrFN2O3. The van der Waals surface area contributed by atoms with Crippen LogP contribution in [0.25, 0.3) is 0 Å². The molecule has 100 valence electrons. The molecule has 0 fully saturated rings. The number of nitriles is 1. The fourth-order valence-corrected chi connectivity index (χ4v) is 1.83. The van der Waals surface area contributed by atoms with Crippen molar-refractivity contribution in [1.29, 1.82) is 5.26 Å². The lowest BCUT2D eigenvalue weighted by atomic mass is 10.2. The summed E-state index contributed by atoms with van der Waals surface area (Å²) >= 11 is 3.10. The second kappa shape index (κ2) is 5.67. The number of nitro benzene ring substituents is 1. The Balaban J connectivity index is 2.43. The molecule has 0 heterocycles. The van der Waals surface area contributed by atoms with Gasteiger partial charge in [-0.3, -0.25) is 10.1 Å². The molecule has 0 unspecified atom stereocenters. The molecule has 0 atom stereocenters. The number of rotatable bonds is 3. The van der Waals surface area contributed by atoms with Crippen LogP contribution in [-0.4, -0.2) is 4.92 Å². The second-order valence-corrected chi connectivity index (χ2v) is 4.64. The average Bonchev–Trinajstić information content (AvgIpc) is 2.42. The van der Waals surface area contributed by atoms with Gasteiger partial charge in [0.2, 0.25) is 5.75 Å². The lowest BCUT2D eigenvalue weighted by Crippen LogP contribution is -1.95. The molecule has 2 aromatic rings. The highest BCUT2D eigenvalue weighted by Crippen LogP contribution is 2.33. The van der Waals surface area contributed by atoms with Crippen LogP contribution in [0.5, 0.6) is 11.5 Å². The van der Waals surface area contributed by atoms with Gasteiger partial charge in [0.15, 0.2) is 11.6 Å². The summed E-state index contributed by atoms with van der Waals surface area (Å²) < 4.78 is 19.4. The second-order valence-electron chi connectivity index (χ2n) is 3.73. The van der Waals surface area contributed by atoms with Gasteiger partial charge in [-0.05, 0) is 30.3 Å². The Morgan fingerprint density at radius 2 is 1.95 bits per heavy atom. The zero-order valence-corrected chi connectivity index (χ0v) is 11.4. The van der Waals surface area contributed by atoms with Crippen molar-refractivity contribution in [3.05, 3.63) is 62.4 Å². The summed E-state index contributed by atoms with van der Waals surface area (Å²) in [6.45, 7) is 0. The lowest BCUT2D eigenvalue weighted by molar-refractivity contribution is -0.385. The highest BCUT2D eigenvalue weighted by molar-refractivity contribution is 9.10. The summed E-state index contributed by atoms with van der Waals surface area (Å²) in [5.41, 5.74) is -0.272. The first kappa shape index (κ1) is 14.0. The lowest BCUT2D eigenvalue weighted by Gasteiger charge is -2.07. The van der Waals surface area contributed by atoms with E-state index in [4.69, 9.17) is 10.00 Å². The Morgan fingerprint density at radius 3 is 2.55 bits per heavy atom. The van der Waals surface area contributed by atoms with Crippen molar-refractivity contribution >= 4 is 21.6 Å². The maximum atomic E-state index is 13.6. The van der Waals surface area contributed by atoms with E-state index in [1.165, 1.54) is 24.3 Å². The summed E-state index contributed by atoms with van der Waals surface area (Å²) in [5.74, 6) is -0.922. The number of hydrogen-bond donors (Lipinski definition) is 0. The van der Waals surface area contributed by atoms with Crippen LogP contribution in [-0.2, 0) is 0 Å². The van der Waals surface area contributed by atoms with E-state index in [0.717, 1.165) is 6.07 Å². The fraction of sp³-hybridized carbons (Fsp3) is 0. The molecule has 20 heavy (non-hydrogen) atoms. The minimum absolute atomic E-state index is 0.125. The Labute approximate surface area is 121 Å². The Bertz CT molecular complexity index is 728. The van der Waals surface area contributed by atoms with Gasteiger partial charge in [0.05, 0.1) is 16.6 Å². The topological polar surface area (TPSA) is 76.2 Å². The Hall–Kier alpha value is -2.46. The van der Waals surface area contributed by atoms with Gasteiger partial charge in [-0.15, -0.1) is 0 Å². The predicted octanol–water partition coefficient (Wildman–Crippen LogP) is 4.16. The van der Waals surface area contributed by atoms with Gasteiger partial charge in [-0.2, -0.15) is 5.26 Å². The first-order valence-corrected chi connectivity index (χ1v) is 6.12. The number of nitro groups is 1. The Kier molecular flexibility index (Phi) is 3.96. The number of benzene rings is 2. The molecule has 0 aliphatic heterocycles. The monoisotopic (exact) mass is 336 g/mol. The molecule has 0 radical (unpaired) electrons. The molecule has 2 aromatic carbocycles. The van der Waals surface area contributed by atoms with Crippen molar-refractivity contribution in [2.24, 2.45) is 0 Å². The Morgan fingerprint density at radius 1 is 1.25 bits per heavy atom. The third-order valence-electron chi connectivity index (χ3n) is 2.40. The molecule has 0 saturated heterocycles. The minimum Gasteiger partial charge on any atom is -0.447 e. The summed E-state index contributed by atoms with van der Waals surface area (Å²) in [7, 11) is 0. The van der Waals surface area contributed by atoms with Gasteiger partial charge < -0.3 is 4.74 Å². The minimum atomic E-state index is -0.688. The van der Waals surface area contributed by atoms with Crippen molar-refractivity contribution in [1.82, 2.24) is 0 Å². The molecular weight excluding hydrogens is 331 g/mol. The van der Waals surface area contributed by atoms with Crippen molar-refractivity contribution in [3.8, 4) is 17.6 Å². The van der Waals surface area contributed by atoms with Crippen molar-refractivity contribution in [2.45, 2.75) is 0 Å².